The Morgan fingerprint density at radius 1 is 1.54 bits per heavy atom. The van der Waals surface area contributed by atoms with E-state index in [0.717, 1.165) is 32.0 Å². The number of rotatable bonds is 1. The molecule has 0 saturated heterocycles. The lowest BCUT2D eigenvalue weighted by atomic mass is 10.1. The van der Waals surface area contributed by atoms with E-state index in [2.05, 4.69) is 22.0 Å². The maximum atomic E-state index is 10.9. The van der Waals surface area contributed by atoms with Crippen LogP contribution >= 0.6 is 27.3 Å². The molecule has 0 aliphatic rings. The zero-order chi connectivity index (χ0) is 9.42. The van der Waals surface area contributed by atoms with Gasteiger partial charge in [-0.3, -0.25) is 4.79 Å². The second kappa shape index (κ2) is 3.24. The number of benzene rings is 1. The van der Waals surface area contributed by atoms with Crippen LogP contribution < -0.4 is 0 Å². The van der Waals surface area contributed by atoms with E-state index in [9.17, 15) is 4.79 Å². The number of thiophene rings is 1. The smallest absolute Gasteiger partial charge is 0.152 e. The fraction of sp³-hybridized carbons (Fsp3) is 0.100. The number of hydrogen-bond donors (Lipinski definition) is 0. The van der Waals surface area contributed by atoms with Crippen molar-refractivity contribution in [3.05, 3.63) is 33.1 Å². The van der Waals surface area contributed by atoms with Gasteiger partial charge >= 0.3 is 0 Å². The molecule has 1 heterocycles. The third-order valence-electron chi connectivity index (χ3n) is 2.01. The molecule has 0 amide bonds. The lowest BCUT2D eigenvalue weighted by Gasteiger charge is -2.02. The molecule has 0 saturated carbocycles. The molecule has 1 aromatic heterocycles. The highest BCUT2D eigenvalue weighted by molar-refractivity contribution is 9.10. The normalized spacial score (nSPS) is 10.6. The Bertz CT molecular complexity index is 473. The summed E-state index contributed by atoms with van der Waals surface area (Å²) in [5.74, 6) is 0. The van der Waals surface area contributed by atoms with Crippen molar-refractivity contribution in [2.75, 3.05) is 0 Å². The van der Waals surface area contributed by atoms with Crippen LogP contribution in [-0.2, 0) is 0 Å². The van der Waals surface area contributed by atoms with Crippen molar-refractivity contribution < 1.29 is 4.79 Å². The maximum Gasteiger partial charge on any atom is 0.152 e. The second-order valence-electron chi connectivity index (χ2n) is 2.88. The topological polar surface area (TPSA) is 17.1 Å². The van der Waals surface area contributed by atoms with E-state index in [-0.39, 0.29) is 0 Å². The molecule has 66 valence electrons. The van der Waals surface area contributed by atoms with Gasteiger partial charge in [-0.05, 0) is 51.3 Å². The number of halogens is 1. The Morgan fingerprint density at radius 3 is 3.00 bits per heavy atom. The van der Waals surface area contributed by atoms with Gasteiger partial charge in [-0.2, -0.15) is 0 Å². The predicted octanol–water partition coefficient (Wildman–Crippen LogP) is 3.78. The first kappa shape index (κ1) is 8.91. The molecule has 0 fully saturated rings. The molecule has 1 nitrogen and oxygen atoms in total. The Morgan fingerprint density at radius 2 is 2.31 bits per heavy atom. The van der Waals surface area contributed by atoms with Crippen molar-refractivity contribution in [1.29, 1.82) is 0 Å². The summed E-state index contributed by atoms with van der Waals surface area (Å²) in [6.07, 6.45) is 0.913. The third kappa shape index (κ3) is 1.32. The number of fused-ring (bicyclic) bond motifs is 1. The first-order valence-electron chi connectivity index (χ1n) is 3.85. The zero-order valence-corrected chi connectivity index (χ0v) is 9.41. The first-order valence-corrected chi connectivity index (χ1v) is 5.53. The van der Waals surface area contributed by atoms with Crippen LogP contribution in [-0.4, -0.2) is 6.29 Å². The molecule has 0 unspecified atom stereocenters. The van der Waals surface area contributed by atoms with E-state index in [4.69, 9.17) is 0 Å². The Kier molecular flexibility index (Phi) is 2.22. The summed E-state index contributed by atoms with van der Waals surface area (Å²) >= 11 is 5.02. The Balaban J connectivity index is 2.95. The van der Waals surface area contributed by atoms with Crippen molar-refractivity contribution in [1.82, 2.24) is 0 Å². The summed E-state index contributed by atoms with van der Waals surface area (Å²) in [6, 6.07) is 4.12. The van der Waals surface area contributed by atoms with E-state index >= 15 is 0 Å². The Labute approximate surface area is 88.5 Å². The summed E-state index contributed by atoms with van der Waals surface area (Å²) in [7, 11) is 0. The molecule has 0 spiro atoms. The van der Waals surface area contributed by atoms with Crippen LogP contribution in [0.1, 0.15) is 15.9 Å². The minimum atomic E-state index is 0.769. The third-order valence-corrected chi connectivity index (χ3v) is 4.03. The van der Waals surface area contributed by atoms with Gasteiger partial charge in [0, 0.05) is 14.7 Å². The van der Waals surface area contributed by atoms with Crippen LogP contribution in [0.5, 0.6) is 0 Å². The van der Waals surface area contributed by atoms with Crippen LogP contribution in [0.2, 0.25) is 0 Å². The van der Waals surface area contributed by atoms with Gasteiger partial charge in [0.1, 0.15) is 0 Å². The van der Waals surface area contributed by atoms with Crippen molar-refractivity contribution in [3.63, 3.8) is 0 Å². The first-order chi connectivity index (χ1) is 6.24. The summed E-state index contributed by atoms with van der Waals surface area (Å²) in [5.41, 5.74) is 1.87. The van der Waals surface area contributed by atoms with E-state index in [1.165, 1.54) is 0 Å². The molecule has 2 aromatic rings. The predicted molar refractivity (Wildman–Crippen MR) is 59.6 cm³/mol. The summed E-state index contributed by atoms with van der Waals surface area (Å²) in [6.45, 7) is 1.99. The van der Waals surface area contributed by atoms with Crippen molar-refractivity contribution in [2.24, 2.45) is 0 Å². The highest BCUT2D eigenvalue weighted by Gasteiger charge is 2.08. The van der Waals surface area contributed by atoms with Gasteiger partial charge in [0.15, 0.2) is 6.29 Å². The van der Waals surface area contributed by atoms with Gasteiger partial charge in [0.05, 0.1) is 0 Å². The fourth-order valence-corrected chi connectivity index (χ4v) is 2.79. The molecule has 1 aromatic carbocycles. The van der Waals surface area contributed by atoms with Gasteiger partial charge in [-0.15, -0.1) is 11.3 Å². The molecule has 0 bridgehead atoms. The molecule has 13 heavy (non-hydrogen) atoms. The average molecular weight is 255 g/mol. The fourth-order valence-electron chi connectivity index (χ4n) is 1.37. The van der Waals surface area contributed by atoms with Crippen LogP contribution in [0.15, 0.2) is 22.0 Å². The molecular weight excluding hydrogens is 248 g/mol. The van der Waals surface area contributed by atoms with Crippen molar-refractivity contribution >= 4 is 43.6 Å². The largest absolute Gasteiger partial charge is 0.298 e. The summed E-state index contributed by atoms with van der Waals surface area (Å²) in [5, 5.41) is 3.15. The van der Waals surface area contributed by atoms with Gasteiger partial charge < -0.3 is 0 Å². The van der Waals surface area contributed by atoms with E-state index in [0.29, 0.717) is 0 Å². The molecule has 3 heteroatoms. The lowest BCUT2D eigenvalue weighted by molar-refractivity contribution is 0.112. The number of carbonyl (C=O) groups is 1. The molecular formula is C10H7BrOS. The SMILES string of the molecule is Cc1cc2ccsc2c(C=O)c1Br. The quantitative estimate of drug-likeness (QED) is 0.708. The van der Waals surface area contributed by atoms with Gasteiger partial charge in [-0.25, -0.2) is 0 Å². The summed E-state index contributed by atoms with van der Waals surface area (Å²) in [4.78, 5) is 10.9. The van der Waals surface area contributed by atoms with Crippen LogP contribution in [0.25, 0.3) is 10.1 Å². The van der Waals surface area contributed by atoms with Crippen molar-refractivity contribution in [2.45, 2.75) is 6.92 Å². The number of hydrogen-bond acceptors (Lipinski definition) is 2. The van der Waals surface area contributed by atoms with Crippen LogP contribution in [0.4, 0.5) is 0 Å². The van der Waals surface area contributed by atoms with E-state index in [1.54, 1.807) is 11.3 Å². The molecule has 0 atom stereocenters. The molecule has 0 N–H and O–H groups in total. The summed E-state index contributed by atoms with van der Waals surface area (Å²) < 4.78 is 1.98. The van der Waals surface area contributed by atoms with E-state index in [1.807, 2.05) is 18.4 Å². The minimum Gasteiger partial charge on any atom is -0.298 e. The van der Waals surface area contributed by atoms with E-state index < -0.39 is 0 Å². The molecule has 0 radical (unpaired) electrons. The highest BCUT2D eigenvalue weighted by Crippen LogP contribution is 2.31. The highest BCUT2D eigenvalue weighted by atomic mass is 79.9. The van der Waals surface area contributed by atoms with Crippen LogP contribution in [0, 0.1) is 6.92 Å². The second-order valence-corrected chi connectivity index (χ2v) is 4.59. The Hall–Kier alpha value is -0.670. The molecule has 2 rings (SSSR count). The number of aldehydes is 1. The minimum absolute atomic E-state index is 0.769. The lowest BCUT2D eigenvalue weighted by Crippen LogP contribution is -1.86. The monoisotopic (exact) mass is 254 g/mol. The van der Waals surface area contributed by atoms with Gasteiger partial charge in [0.25, 0.3) is 0 Å². The molecule has 0 aliphatic carbocycles. The van der Waals surface area contributed by atoms with Gasteiger partial charge in [-0.1, -0.05) is 0 Å². The van der Waals surface area contributed by atoms with Crippen molar-refractivity contribution in [3.8, 4) is 0 Å². The standard InChI is InChI=1S/C10H7BrOS/c1-6-4-7-2-3-13-10(7)8(5-12)9(6)11/h2-5H,1H3. The van der Waals surface area contributed by atoms with Gasteiger partial charge in [0.2, 0.25) is 0 Å². The molecule has 0 aliphatic heterocycles. The number of carbonyl (C=O) groups excluding carboxylic acids is 1. The number of aryl methyl sites for hydroxylation is 1. The zero-order valence-electron chi connectivity index (χ0n) is 7.00. The van der Waals surface area contributed by atoms with Crippen LogP contribution in [0.3, 0.4) is 0 Å². The maximum absolute atomic E-state index is 10.9. The average Bonchev–Trinajstić information content (AvgIpc) is 2.54.